The molecule has 0 amide bonds. The van der Waals surface area contributed by atoms with Gasteiger partial charge in [0.2, 0.25) is 0 Å². The largest absolute Gasteiger partial charge is 0.383 e. The molecule has 1 aromatic carbocycles. The fourth-order valence-electron chi connectivity index (χ4n) is 1.96. The van der Waals surface area contributed by atoms with Gasteiger partial charge in [-0.15, -0.1) is 0 Å². The normalized spacial score (nSPS) is 10.8. The van der Waals surface area contributed by atoms with Crippen molar-refractivity contribution in [3.8, 4) is 22.5 Å². The number of anilines is 1. The SMILES string of the molecule is Cn1nc(-c2cn[nH]n2)c(-c2ccccc2Cl)c1N. The lowest BCUT2D eigenvalue weighted by Crippen LogP contribution is -1.98. The monoisotopic (exact) mass is 274 g/mol. The molecular formula is C12H11ClN6. The molecule has 0 unspecified atom stereocenters. The van der Waals surface area contributed by atoms with Gasteiger partial charge in [0.25, 0.3) is 0 Å². The molecule has 0 saturated heterocycles. The summed E-state index contributed by atoms with van der Waals surface area (Å²) in [7, 11) is 1.78. The first kappa shape index (κ1) is 11.7. The summed E-state index contributed by atoms with van der Waals surface area (Å²) in [6.45, 7) is 0. The van der Waals surface area contributed by atoms with Gasteiger partial charge in [0.15, 0.2) is 0 Å². The van der Waals surface area contributed by atoms with E-state index < -0.39 is 0 Å². The van der Waals surface area contributed by atoms with Gasteiger partial charge in [0.1, 0.15) is 17.2 Å². The van der Waals surface area contributed by atoms with E-state index >= 15 is 0 Å². The fourth-order valence-corrected chi connectivity index (χ4v) is 2.19. The highest BCUT2D eigenvalue weighted by atomic mass is 35.5. The highest BCUT2D eigenvalue weighted by molar-refractivity contribution is 6.33. The zero-order chi connectivity index (χ0) is 13.4. The van der Waals surface area contributed by atoms with Crippen LogP contribution in [-0.4, -0.2) is 25.2 Å². The Kier molecular flexibility index (Phi) is 2.72. The molecule has 0 spiro atoms. The van der Waals surface area contributed by atoms with Crippen LogP contribution >= 0.6 is 11.6 Å². The second-order valence-corrected chi connectivity index (χ2v) is 4.47. The van der Waals surface area contributed by atoms with Gasteiger partial charge >= 0.3 is 0 Å². The Balaban J connectivity index is 2.29. The van der Waals surface area contributed by atoms with E-state index in [-0.39, 0.29) is 0 Å². The number of nitrogen functional groups attached to an aromatic ring is 1. The zero-order valence-corrected chi connectivity index (χ0v) is 10.9. The number of benzene rings is 1. The van der Waals surface area contributed by atoms with Crippen molar-refractivity contribution in [2.75, 3.05) is 5.73 Å². The van der Waals surface area contributed by atoms with E-state index in [4.69, 9.17) is 17.3 Å². The summed E-state index contributed by atoms with van der Waals surface area (Å²) in [4.78, 5) is 0. The lowest BCUT2D eigenvalue weighted by Gasteiger charge is -2.04. The standard InChI is InChI=1S/C12H11ClN6/c1-19-12(14)10(7-4-2-3-5-8(7)13)11(17-19)9-6-15-18-16-9/h2-6H,14H2,1H3,(H,15,16,18). The van der Waals surface area contributed by atoms with Gasteiger partial charge in [-0.25, -0.2) is 0 Å². The molecule has 96 valence electrons. The van der Waals surface area contributed by atoms with Crippen molar-refractivity contribution in [1.29, 1.82) is 0 Å². The summed E-state index contributed by atoms with van der Waals surface area (Å²) in [5, 5.41) is 15.4. The Morgan fingerprint density at radius 3 is 2.79 bits per heavy atom. The van der Waals surface area contributed by atoms with E-state index in [2.05, 4.69) is 20.5 Å². The Labute approximate surface area is 114 Å². The maximum atomic E-state index is 6.24. The van der Waals surface area contributed by atoms with Crippen LogP contribution < -0.4 is 5.73 Å². The maximum Gasteiger partial charge on any atom is 0.133 e. The molecular weight excluding hydrogens is 264 g/mol. The third kappa shape index (κ3) is 1.86. The number of hydrogen-bond donors (Lipinski definition) is 2. The van der Waals surface area contributed by atoms with E-state index in [1.54, 1.807) is 17.9 Å². The minimum atomic E-state index is 0.533. The smallest absolute Gasteiger partial charge is 0.133 e. The van der Waals surface area contributed by atoms with Gasteiger partial charge in [-0.2, -0.15) is 20.5 Å². The molecule has 6 nitrogen and oxygen atoms in total. The van der Waals surface area contributed by atoms with Crippen molar-refractivity contribution in [2.45, 2.75) is 0 Å². The quantitative estimate of drug-likeness (QED) is 0.749. The number of halogens is 1. The minimum Gasteiger partial charge on any atom is -0.383 e. The van der Waals surface area contributed by atoms with Crippen molar-refractivity contribution in [3.05, 3.63) is 35.5 Å². The second-order valence-electron chi connectivity index (χ2n) is 4.07. The molecule has 7 heteroatoms. The molecule has 0 aliphatic rings. The number of aryl methyl sites for hydroxylation is 1. The topological polar surface area (TPSA) is 85.4 Å². The van der Waals surface area contributed by atoms with Crippen molar-refractivity contribution < 1.29 is 0 Å². The number of aromatic nitrogens is 5. The lowest BCUT2D eigenvalue weighted by molar-refractivity contribution is 0.781. The first-order valence-corrected chi connectivity index (χ1v) is 6.00. The number of aromatic amines is 1. The van der Waals surface area contributed by atoms with E-state index in [1.807, 2.05) is 24.3 Å². The van der Waals surface area contributed by atoms with Gasteiger partial charge in [-0.1, -0.05) is 29.8 Å². The molecule has 0 atom stereocenters. The molecule has 2 heterocycles. The maximum absolute atomic E-state index is 6.24. The van der Waals surface area contributed by atoms with Gasteiger partial charge in [-0.05, 0) is 6.07 Å². The number of nitrogens with two attached hydrogens (primary N) is 1. The summed E-state index contributed by atoms with van der Waals surface area (Å²) in [6.07, 6.45) is 1.60. The third-order valence-corrected chi connectivity index (χ3v) is 3.22. The predicted octanol–water partition coefficient (Wildman–Crippen LogP) is 2.11. The van der Waals surface area contributed by atoms with E-state index in [9.17, 15) is 0 Å². The number of hydrogen-bond acceptors (Lipinski definition) is 4. The van der Waals surface area contributed by atoms with Crippen molar-refractivity contribution in [1.82, 2.24) is 25.2 Å². The van der Waals surface area contributed by atoms with Crippen LogP contribution in [0, 0.1) is 0 Å². The number of H-pyrrole nitrogens is 1. The Morgan fingerprint density at radius 1 is 1.32 bits per heavy atom. The molecule has 0 bridgehead atoms. The summed E-state index contributed by atoms with van der Waals surface area (Å²) in [5.41, 5.74) is 8.97. The average Bonchev–Trinajstić information content (AvgIpc) is 3.01. The molecule has 0 saturated carbocycles. The van der Waals surface area contributed by atoms with Gasteiger partial charge in [0, 0.05) is 17.6 Å². The molecule has 3 N–H and O–H groups in total. The second kappa shape index (κ2) is 4.40. The molecule has 0 aliphatic carbocycles. The van der Waals surface area contributed by atoms with Crippen LogP contribution in [0.2, 0.25) is 5.02 Å². The first-order valence-electron chi connectivity index (χ1n) is 5.62. The highest BCUT2D eigenvalue weighted by Crippen LogP contribution is 2.38. The van der Waals surface area contributed by atoms with Crippen LogP contribution in [-0.2, 0) is 7.05 Å². The fraction of sp³-hybridized carbons (Fsp3) is 0.0833. The molecule has 0 fully saturated rings. The van der Waals surface area contributed by atoms with Crippen LogP contribution in [0.5, 0.6) is 0 Å². The first-order chi connectivity index (χ1) is 9.18. The van der Waals surface area contributed by atoms with E-state index in [1.165, 1.54) is 0 Å². The van der Waals surface area contributed by atoms with Crippen molar-refractivity contribution in [2.24, 2.45) is 7.05 Å². The van der Waals surface area contributed by atoms with Crippen LogP contribution in [0.3, 0.4) is 0 Å². The number of rotatable bonds is 2. The summed E-state index contributed by atoms with van der Waals surface area (Å²) in [5.74, 6) is 0.533. The predicted molar refractivity (Wildman–Crippen MR) is 73.4 cm³/mol. The van der Waals surface area contributed by atoms with Crippen LogP contribution in [0.4, 0.5) is 5.82 Å². The van der Waals surface area contributed by atoms with Crippen molar-refractivity contribution in [3.63, 3.8) is 0 Å². The molecule has 0 radical (unpaired) electrons. The Morgan fingerprint density at radius 2 is 2.11 bits per heavy atom. The van der Waals surface area contributed by atoms with Gasteiger partial charge < -0.3 is 5.73 Å². The van der Waals surface area contributed by atoms with E-state index in [0.717, 1.165) is 11.1 Å². The minimum absolute atomic E-state index is 0.533. The van der Waals surface area contributed by atoms with Crippen LogP contribution in [0.1, 0.15) is 0 Å². The lowest BCUT2D eigenvalue weighted by atomic mass is 10.0. The molecule has 2 aromatic heterocycles. The summed E-state index contributed by atoms with van der Waals surface area (Å²) < 4.78 is 1.60. The third-order valence-electron chi connectivity index (χ3n) is 2.89. The Bertz CT molecular complexity index is 716. The average molecular weight is 275 g/mol. The van der Waals surface area contributed by atoms with Gasteiger partial charge in [0.05, 0.1) is 11.8 Å². The van der Waals surface area contributed by atoms with Gasteiger partial charge in [-0.3, -0.25) is 4.68 Å². The summed E-state index contributed by atoms with van der Waals surface area (Å²) in [6, 6.07) is 7.49. The van der Waals surface area contributed by atoms with Crippen LogP contribution in [0.15, 0.2) is 30.5 Å². The zero-order valence-electron chi connectivity index (χ0n) is 10.1. The van der Waals surface area contributed by atoms with Crippen LogP contribution in [0.25, 0.3) is 22.5 Å². The Hall–Kier alpha value is -2.34. The summed E-state index contributed by atoms with van der Waals surface area (Å²) >= 11 is 6.24. The van der Waals surface area contributed by atoms with Crippen molar-refractivity contribution >= 4 is 17.4 Å². The molecule has 3 rings (SSSR count). The highest BCUT2D eigenvalue weighted by Gasteiger charge is 2.20. The molecule has 3 aromatic rings. The number of nitrogens with one attached hydrogen (secondary N) is 1. The van der Waals surface area contributed by atoms with E-state index in [0.29, 0.717) is 22.2 Å². The molecule has 0 aliphatic heterocycles. The number of nitrogens with zero attached hydrogens (tertiary/aromatic N) is 4. The molecule has 19 heavy (non-hydrogen) atoms.